The number of benzene rings is 1. The molecule has 1 aromatic rings. The Morgan fingerprint density at radius 2 is 1.93 bits per heavy atom. The van der Waals surface area contributed by atoms with Crippen LogP contribution in [0.1, 0.15) is 71.6 Å². The van der Waals surface area contributed by atoms with Crippen LogP contribution in [-0.2, 0) is 14.3 Å². The number of amides is 3. The first-order valence-electron chi connectivity index (χ1n) is 9.71. The van der Waals surface area contributed by atoms with E-state index in [2.05, 4.69) is 5.32 Å². The van der Waals surface area contributed by atoms with Gasteiger partial charge in [-0.05, 0) is 58.7 Å². The van der Waals surface area contributed by atoms with Crippen LogP contribution in [0.3, 0.4) is 0 Å². The summed E-state index contributed by atoms with van der Waals surface area (Å²) in [4.78, 5) is 51.0. The van der Waals surface area contributed by atoms with Crippen LogP contribution in [0.2, 0.25) is 0 Å². The summed E-state index contributed by atoms with van der Waals surface area (Å²) in [7, 11) is 0. The number of ether oxygens (including phenoxy) is 2. The molecule has 2 atom stereocenters. The van der Waals surface area contributed by atoms with Gasteiger partial charge in [-0.3, -0.25) is 19.3 Å². The van der Waals surface area contributed by atoms with E-state index in [4.69, 9.17) is 9.47 Å². The van der Waals surface area contributed by atoms with Gasteiger partial charge in [0.2, 0.25) is 0 Å². The van der Waals surface area contributed by atoms with Gasteiger partial charge in [-0.15, -0.1) is 0 Å². The second kappa shape index (κ2) is 7.94. The van der Waals surface area contributed by atoms with E-state index in [1.54, 1.807) is 0 Å². The lowest BCUT2D eigenvalue weighted by Gasteiger charge is -2.23. The van der Waals surface area contributed by atoms with Crippen molar-refractivity contribution in [1.29, 1.82) is 0 Å². The van der Waals surface area contributed by atoms with Crippen molar-refractivity contribution in [2.24, 2.45) is 0 Å². The number of carbonyl (C=O) groups excluding carboxylic acids is 4. The molecule has 0 aliphatic carbocycles. The van der Waals surface area contributed by atoms with Crippen LogP contribution in [0, 0.1) is 0 Å². The standard InChI is InChI=1S/C21H26N2O6/c1-12(17(24)22-21(2,3)4)29-20(27)13-7-8-15-16(10-13)19(26)23(18(15)25)11-14-6-5-9-28-14/h7-8,10,12,14H,5-6,9,11H2,1-4H3,(H,22,24). The van der Waals surface area contributed by atoms with Gasteiger partial charge in [-0.1, -0.05) is 0 Å². The van der Waals surface area contributed by atoms with Gasteiger partial charge in [-0.25, -0.2) is 4.79 Å². The van der Waals surface area contributed by atoms with Gasteiger partial charge in [0, 0.05) is 12.1 Å². The van der Waals surface area contributed by atoms with Crippen molar-refractivity contribution in [2.75, 3.05) is 13.2 Å². The average molecular weight is 402 g/mol. The first-order chi connectivity index (χ1) is 13.6. The summed E-state index contributed by atoms with van der Waals surface area (Å²) >= 11 is 0. The minimum Gasteiger partial charge on any atom is -0.449 e. The Morgan fingerprint density at radius 1 is 1.24 bits per heavy atom. The lowest BCUT2D eigenvalue weighted by Crippen LogP contribution is -2.46. The fourth-order valence-corrected chi connectivity index (χ4v) is 3.33. The van der Waals surface area contributed by atoms with Crippen molar-refractivity contribution >= 4 is 23.7 Å². The van der Waals surface area contributed by atoms with Crippen LogP contribution < -0.4 is 5.32 Å². The number of hydrogen-bond donors (Lipinski definition) is 1. The second-order valence-corrected chi connectivity index (χ2v) is 8.40. The third kappa shape index (κ3) is 4.64. The molecule has 0 saturated carbocycles. The van der Waals surface area contributed by atoms with Gasteiger partial charge in [0.25, 0.3) is 17.7 Å². The SMILES string of the molecule is CC(OC(=O)c1ccc2c(c1)C(=O)N(CC1CCCO1)C2=O)C(=O)NC(C)(C)C. The Morgan fingerprint density at radius 3 is 2.55 bits per heavy atom. The maximum atomic E-state index is 12.7. The summed E-state index contributed by atoms with van der Waals surface area (Å²) in [6, 6.07) is 4.22. The van der Waals surface area contributed by atoms with E-state index in [0.717, 1.165) is 17.7 Å². The molecule has 8 nitrogen and oxygen atoms in total. The van der Waals surface area contributed by atoms with E-state index < -0.39 is 35.3 Å². The fraction of sp³-hybridized carbons (Fsp3) is 0.524. The maximum absolute atomic E-state index is 12.7. The summed E-state index contributed by atoms with van der Waals surface area (Å²) in [5, 5.41) is 2.74. The first-order valence-corrected chi connectivity index (χ1v) is 9.71. The first kappa shape index (κ1) is 21.0. The molecule has 2 unspecified atom stereocenters. The van der Waals surface area contributed by atoms with Crippen molar-refractivity contribution in [3.05, 3.63) is 34.9 Å². The normalized spacial score (nSPS) is 19.9. The molecule has 1 fully saturated rings. The predicted molar refractivity (Wildman–Crippen MR) is 104 cm³/mol. The van der Waals surface area contributed by atoms with Gasteiger partial charge in [0.15, 0.2) is 6.10 Å². The third-order valence-electron chi connectivity index (χ3n) is 4.77. The summed E-state index contributed by atoms with van der Waals surface area (Å²) < 4.78 is 10.7. The number of esters is 1. The minimum absolute atomic E-state index is 0.110. The van der Waals surface area contributed by atoms with Crippen LogP contribution in [0.5, 0.6) is 0 Å². The van der Waals surface area contributed by atoms with Crippen LogP contribution in [0.25, 0.3) is 0 Å². The number of carbonyl (C=O) groups is 4. The number of fused-ring (bicyclic) bond motifs is 1. The molecule has 1 N–H and O–H groups in total. The Bertz CT molecular complexity index is 851. The molecule has 8 heteroatoms. The van der Waals surface area contributed by atoms with Crippen molar-refractivity contribution < 1.29 is 28.7 Å². The van der Waals surface area contributed by atoms with E-state index in [1.165, 1.54) is 25.1 Å². The Balaban J connectivity index is 1.70. The highest BCUT2D eigenvalue weighted by Gasteiger charge is 2.38. The topological polar surface area (TPSA) is 102 Å². The van der Waals surface area contributed by atoms with Crippen LogP contribution in [-0.4, -0.2) is 59.5 Å². The van der Waals surface area contributed by atoms with Crippen molar-refractivity contribution in [3.8, 4) is 0 Å². The third-order valence-corrected chi connectivity index (χ3v) is 4.77. The molecule has 0 spiro atoms. The van der Waals surface area contributed by atoms with Gasteiger partial charge in [0.05, 0.1) is 29.3 Å². The molecule has 2 aliphatic heterocycles. The molecular weight excluding hydrogens is 376 g/mol. The summed E-state index contributed by atoms with van der Waals surface area (Å²) in [6.45, 7) is 7.78. The molecule has 3 amide bonds. The molecular formula is C21H26N2O6. The molecule has 3 rings (SSSR count). The molecule has 156 valence electrons. The van der Waals surface area contributed by atoms with Crippen LogP contribution in [0.15, 0.2) is 18.2 Å². The maximum Gasteiger partial charge on any atom is 0.338 e. The zero-order valence-electron chi connectivity index (χ0n) is 17.1. The van der Waals surface area contributed by atoms with Gasteiger partial charge >= 0.3 is 5.97 Å². The highest BCUT2D eigenvalue weighted by atomic mass is 16.5. The van der Waals surface area contributed by atoms with Crippen molar-refractivity contribution in [2.45, 2.75) is 58.3 Å². The summed E-state index contributed by atoms with van der Waals surface area (Å²) in [5.74, 6) is -1.99. The van der Waals surface area contributed by atoms with Crippen LogP contribution >= 0.6 is 0 Å². The molecule has 29 heavy (non-hydrogen) atoms. The zero-order valence-corrected chi connectivity index (χ0v) is 17.1. The average Bonchev–Trinajstić information content (AvgIpc) is 3.23. The van der Waals surface area contributed by atoms with E-state index >= 15 is 0 Å². The largest absolute Gasteiger partial charge is 0.449 e. The molecule has 0 radical (unpaired) electrons. The number of imide groups is 1. The fourth-order valence-electron chi connectivity index (χ4n) is 3.33. The van der Waals surface area contributed by atoms with Gasteiger partial charge in [-0.2, -0.15) is 0 Å². The molecule has 0 bridgehead atoms. The lowest BCUT2D eigenvalue weighted by molar-refractivity contribution is -0.130. The second-order valence-electron chi connectivity index (χ2n) is 8.40. The Labute approximate surface area is 169 Å². The molecule has 1 aromatic carbocycles. The number of hydrogen-bond acceptors (Lipinski definition) is 6. The van der Waals surface area contributed by atoms with Gasteiger partial charge < -0.3 is 14.8 Å². The minimum atomic E-state index is -0.997. The van der Waals surface area contributed by atoms with Gasteiger partial charge in [0.1, 0.15) is 0 Å². The smallest absolute Gasteiger partial charge is 0.338 e. The quantitative estimate of drug-likeness (QED) is 0.596. The molecule has 0 aromatic heterocycles. The number of nitrogens with zero attached hydrogens (tertiary/aromatic N) is 1. The van der Waals surface area contributed by atoms with Crippen molar-refractivity contribution in [3.63, 3.8) is 0 Å². The monoisotopic (exact) mass is 402 g/mol. The summed E-state index contributed by atoms with van der Waals surface area (Å²) in [6.07, 6.45) is 0.566. The van der Waals surface area contributed by atoms with E-state index in [-0.39, 0.29) is 29.3 Å². The van der Waals surface area contributed by atoms with Crippen LogP contribution in [0.4, 0.5) is 0 Å². The Hall–Kier alpha value is -2.74. The van der Waals surface area contributed by atoms with E-state index in [0.29, 0.717) is 6.61 Å². The highest BCUT2D eigenvalue weighted by molar-refractivity contribution is 6.22. The summed E-state index contributed by atoms with van der Waals surface area (Å²) in [5.41, 5.74) is 0.0708. The number of nitrogens with one attached hydrogen (secondary N) is 1. The molecule has 2 heterocycles. The predicted octanol–water partition coefficient (Wildman–Crippen LogP) is 1.92. The highest BCUT2D eigenvalue weighted by Crippen LogP contribution is 2.26. The lowest BCUT2D eigenvalue weighted by atomic mass is 10.1. The zero-order chi connectivity index (χ0) is 21.3. The van der Waals surface area contributed by atoms with E-state index in [1.807, 2.05) is 20.8 Å². The van der Waals surface area contributed by atoms with Crippen molar-refractivity contribution in [1.82, 2.24) is 10.2 Å². The molecule has 1 saturated heterocycles. The molecule has 2 aliphatic rings. The number of rotatable bonds is 5. The van der Waals surface area contributed by atoms with E-state index in [9.17, 15) is 19.2 Å². The Kier molecular flexibility index (Phi) is 5.75.